The molecule has 0 atom stereocenters. The van der Waals surface area contributed by atoms with Gasteiger partial charge in [0, 0.05) is 16.6 Å². The van der Waals surface area contributed by atoms with Gasteiger partial charge in [-0.25, -0.2) is 8.42 Å². The van der Waals surface area contributed by atoms with Gasteiger partial charge >= 0.3 is 0 Å². The third-order valence-electron chi connectivity index (χ3n) is 4.53. The molecule has 0 radical (unpaired) electrons. The van der Waals surface area contributed by atoms with E-state index in [1.54, 1.807) is 48.7 Å². The van der Waals surface area contributed by atoms with E-state index in [0.717, 1.165) is 10.9 Å². The summed E-state index contributed by atoms with van der Waals surface area (Å²) in [6.45, 7) is 0. The second-order valence-corrected chi connectivity index (χ2v) is 8.64. The average molecular weight is 457 g/mol. The standard InChI is InChI=1S/C21H17ClN4O4S/c1-30-19-5-3-2-4-18(19)26-31(28,29)20-11-13(6-8-16(20)22)21(27)24-15-7-9-17-14(10-15)12-23-25-17/h2-12,26H,1H3,(H,23,25)(H,24,27). The lowest BCUT2D eigenvalue weighted by atomic mass is 10.2. The number of sulfonamides is 1. The van der Waals surface area contributed by atoms with Crippen molar-refractivity contribution in [3.8, 4) is 5.75 Å². The highest BCUT2D eigenvalue weighted by atomic mass is 35.5. The Kier molecular flexibility index (Phi) is 5.53. The predicted molar refractivity (Wildman–Crippen MR) is 119 cm³/mol. The fraction of sp³-hybridized carbons (Fsp3) is 0.0476. The second-order valence-electron chi connectivity index (χ2n) is 6.58. The van der Waals surface area contributed by atoms with Crippen LogP contribution in [0, 0.1) is 0 Å². The molecule has 1 aromatic heterocycles. The molecule has 0 bridgehead atoms. The number of amides is 1. The lowest BCUT2D eigenvalue weighted by molar-refractivity contribution is 0.102. The van der Waals surface area contributed by atoms with Crippen LogP contribution in [0.3, 0.4) is 0 Å². The number of aromatic amines is 1. The summed E-state index contributed by atoms with van der Waals surface area (Å²) in [6, 6.07) is 15.9. The maximum absolute atomic E-state index is 12.9. The van der Waals surface area contributed by atoms with E-state index in [1.807, 2.05) is 0 Å². The molecule has 31 heavy (non-hydrogen) atoms. The number of fused-ring (bicyclic) bond motifs is 1. The van der Waals surface area contributed by atoms with E-state index in [-0.39, 0.29) is 21.2 Å². The number of benzene rings is 3. The number of nitrogens with one attached hydrogen (secondary N) is 3. The highest BCUT2D eigenvalue weighted by Gasteiger charge is 2.22. The van der Waals surface area contributed by atoms with Crippen molar-refractivity contribution in [2.45, 2.75) is 4.90 Å². The third-order valence-corrected chi connectivity index (χ3v) is 6.38. The number of halogens is 1. The van der Waals surface area contributed by atoms with Crippen LogP contribution in [0.1, 0.15) is 10.4 Å². The number of para-hydroxylation sites is 2. The number of nitrogens with zero attached hydrogens (tertiary/aromatic N) is 1. The summed E-state index contributed by atoms with van der Waals surface area (Å²) in [4.78, 5) is 12.5. The Labute approximate surface area is 183 Å². The molecule has 1 heterocycles. The molecular weight excluding hydrogens is 440 g/mol. The van der Waals surface area contributed by atoms with E-state index in [1.165, 1.54) is 25.3 Å². The Bertz CT molecular complexity index is 1390. The van der Waals surface area contributed by atoms with Gasteiger partial charge in [-0.3, -0.25) is 14.6 Å². The molecule has 1 amide bonds. The number of methoxy groups -OCH3 is 1. The largest absolute Gasteiger partial charge is 0.495 e. The normalized spacial score (nSPS) is 11.3. The zero-order chi connectivity index (χ0) is 22.0. The van der Waals surface area contributed by atoms with Crippen LogP contribution < -0.4 is 14.8 Å². The monoisotopic (exact) mass is 456 g/mol. The van der Waals surface area contributed by atoms with Crippen LogP contribution in [-0.4, -0.2) is 31.6 Å². The van der Waals surface area contributed by atoms with Gasteiger partial charge in [0.05, 0.1) is 29.5 Å². The molecule has 0 saturated carbocycles. The van der Waals surface area contributed by atoms with Crippen molar-refractivity contribution in [1.82, 2.24) is 10.2 Å². The molecule has 0 aliphatic heterocycles. The predicted octanol–water partition coefficient (Wildman–Crippen LogP) is 4.28. The molecule has 0 unspecified atom stereocenters. The first-order valence-electron chi connectivity index (χ1n) is 9.07. The number of H-pyrrole nitrogens is 1. The van der Waals surface area contributed by atoms with E-state index in [0.29, 0.717) is 11.4 Å². The molecule has 0 fully saturated rings. The van der Waals surface area contributed by atoms with Crippen LogP contribution in [0.5, 0.6) is 5.75 Å². The van der Waals surface area contributed by atoms with Gasteiger partial charge in [0.2, 0.25) is 0 Å². The van der Waals surface area contributed by atoms with Gasteiger partial charge in [-0.05, 0) is 48.5 Å². The Morgan fingerprint density at radius 3 is 2.71 bits per heavy atom. The van der Waals surface area contributed by atoms with E-state index < -0.39 is 15.9 Å². The topological polar surface area (TPSA) is 113 Å². The van der Waals surface area contributed by atoms with Crippen molar-refractivity contribution in [2.75, 3.05) is 17.1 Å². The molecule has 0 spiro atoms. The Hall–Kier alpha value is -3.56. The number of aromatic nitrogens is 2. The number of carbonyl (C=O) groups is 1. The number of rotatable bonds is 6. The first-order chi connectivity index (χ1) is 14.9. The van der Waals surface area contributed by atoms with Crippen molar-refractivity contribution < 1.29 is 17.9 Å². The van der Waals surface area contributed by atoms with Crippen LogP contribution in [0.25, 0.3) is 10.9 Å². The summed E-state index contributed by atoms with van der Waals surface area (Å²) in [5, 5.41) is 10.3. The zero-order valence-corrected chi connectivity index (χ0v) is 17.8. The van der Waals surface area contributed by atoms with Crippen molar-refractivity contribution >= 4 is 49.8 Å². The van der Waals surface area contributed by atoms with E-state index >= 15 is 0 Å². The van der Waals surface area contributed by atoms with Gasteiger partial charge in [-0.2, -0.15) is 5.10 Å². The van der Waals surface area contributed by atoms with E-state index in [9.17, 15) is 13.2 Å². The average Bonchev–Trinajstić information content (AvgIpc) is 3.22. The van der Waals surface area contributed by atoms with Crippen LogP contribution in [-0.2, 0) is 10.0 Å². The van der Waals surface area contributed by atoms with Crippen molar-refractivity contribution in [1.29, 1.82) is 0 Å². The minimum absolute atomic E-state index is 0.0150. The van der Waals surface area contributed by atoms with Crippen LogP contribution in [0.2, 0.25) is 5.02 Å². The number of ether oxygens (including phenoxy) is 1. The molecule has 3 N–H and O–H groups in total. The molecular formula is C21H17ClN4O4S. The molecule has 4 aromatic rings. The first kappa shape index (κ1) is 20.7. The van der Waals surface area contributed by atoms with E-state index in [4.69, 9.17) is 16.3 Å². The zero-order valence-electron chi connectivity index (χ0n) is 16.2. The molecule has 8 nitrogen and oxygen atoms in total. The van der Waals surface area contributed by atoms with Gasteiger partial charge in [0.15, 0.2) is 0 Å². The van der Waals surface area contributed by atoms with Gasteiger partial charge < -0.3 is 10.1 Å². The SMILES string of the molecule is COc1ccccc1NS(=O)(=O)c1cc(C(=O)Nc2ccc3[nH]ncc3c2)ccc1Cl. The molecule has 0 saturated heterocycles. The third kappa shape index (κ3) is 4.32. The summed E-state index contributed by atoms with van der Waals surface area (Å²) in [5.74, 6) is -0.126. The van der Waals surface area contributed by atoms with Crippen molar-refractivity contribution in [2.24, 2.45) is 0 Å². The highest BCUT2D eigenvalue weighted by Crippen LogP contribution is 2.29. The maximum atomic E-state index is 12.9. The molecule has 0 aliphatic rings. The molecule has 3 aromatic carbocycles. The minimum atomic E-state index is -4.08. The molecule has 10 heteroatoms. The summed E-state index contributed by atoms with van der Waals surface area (Å²) >= 11 is 6.15. The van der Waals surface area contributed by atoms with E-state index in [2.05, 4.69) is 20.2 Å². The second kappa shape index (κ2) is 8.29. The van der Waals surface area contributed by atoms with Crippen LogP contribution in [0.4, 0.5) is 11.4 Å². The van der Waals surface area contributed by atoms with Gasteiger partial charge in [-0.1, -0.05) is 23.7 Å². The number of hydrogen-bond donors (Lipinski definition) is 3. The number of anilines is 2. The van der Waals surface area contributed by atoms with Crippen molar-refractivity contribution in [3.05, 3.63) is 77.4 Å². The molecule has 158 valence electrons. The fourth-order valence-corrected chi connectivity index (χ4v) is 4.60. The van der Waals surface area contributed by atoms with Crippen LogP contribution >= 0.6 is 11.6 Å². The highest BCUT2D eigenvalue weighted by molar-refractivity contribution is 7.92. The fourth-order valence-electron chi connectivity index (χ4n) is 3.00. The number of carbonyl (C=O) groups excluding carboxylic acids is 1. The molecule has 4 rings (SSSR count). The van der Waals surface area contributed by atoms with Crippen molar-refractivity contribution in [3.63, 3.8) is 0 Å². The summed E-state index contributed by atoms with van der Waals surface area (Å²) in [6.07, 6.45) is 1.64. The van der Waals surface area contributed by atoms with Gasteiger partial charge in [-0.15, -0.1) is 0 Å². The van der Waals surface area contributed by atoms with Crippen LogP contribution in [0.15, 0.2) is 71.8 Å². The van der Waals surface area contributed by atoms with Gasteiger partial charge in [0.1, 0.15) is 10.6 Å². The quantitative estimate of drug-likeness (QED) is 0.401. The molecule has 0 aliphatic carbocycles. The van der Waals surface area contributed by atoms with Gasteiger partial charge in [0.25, 0.3) is 15.9 Å². The lowest BCUT2D eigenvalue weighted by Gasteiger charge is -2.13. The summed E-state index contributed by atoms with van der Waals surface area (Å²) in [5.41, 5.74) is 1.77. The summed E-state index contributed by atoms with van der Waals surface area (Å²) in [7, 11) is -2.64. The summed E-state index contributed by atoms with van der Waals surface area (Å²) < 4.78 is 33.5. The minimum Gasteiger partial charge on any atom is -0.495 e. The Morgan fingerprint density at radius 2 is 1.90 bits per heavy atom. The Balaban J connectivity index is 1.61. The maximum Gasteiger partial charge on any atom is 0.263 e. The number of hydrogen-bond acceptors (Lipinski definition) is 5. The lowest BCUT2D eigenvalue weighted by Crippen LogP contribution is -2.17. The first-order valence-corrected chi connectivity index (χ1v) is 10.9. The smallest absolute Gasteiger partial charge is 0.263 e. The Morgan fingerprint density at radius 1 is 1.10 bits per heavy atom.